The van der Waals surface area contributed by atoms with Gasteiger partial charge in [-0.25, -0.2) is 0 Å². The summed E-state index contributed by atoms with van der Waals surface area (Å²) in [4.78, 5) is 21.6. The third-order valence-electron chi connectivity index (χ3n) is 6.03. The SMILES string of the molecule is CCN1CCN(CC(=O)N2CCC(O)(CN3CCCC3)CC2)CC1. The van der Waals surface area contributed by atoms with E-state index in [4.69, 9.17) is 0 Å². The van der Waals surface area contributed by atoms with Gasteiger partial charge in [-0.2, -0.15) is 0 Å². The number of amides is 1. The Labute approximate surface area is 146 Å². The standard InChI is InChI=1S/C18H34N4O2/c1-2-19-11-13-20(14-12-19)15-17(23)22-9-5-18(24,6-10-22)16-21-7-3-4-8-21/h24H,2-16H2,1H3. The van der Waals surface area contributed by atoms with Crippen LogP contribution in [0.5, 0.6) is 0 Å². The lowest BCUT2D eigenvalue weighted by Gasteiger charge is -2.41. The molecule has 0 aromatic rings. The highest BCUT2D eigenvalue weighted by atomic mass is 16.3. The summed E-state index contributed by atoms with van der Waals surface area (Å²) >= 11 is 0. The lowest BCUT2D eigenvalue weighted by Crippen LogP contribution is -2.54. The zero-order chi connectivity index (χ0) is 17.0. The maximum atomic E-state index is 12.6. The van der Waals surface area contributed by atoms with Crippen LogP contribution in [0.15, 0.2) is 0 Å². The highest BCUT2D eigenvalue weighted by Gasteiger charge is 2.36. The summed E-state index contributed by atoms with van der Waals surface area (Å²) in [6, 6.07) is 0. The van der Waals surface area contributed by atoms with Crippen molar-refractivity contribution in [3.8, 4) is 0 Å². The van der Waals surface area contributed by atoms with Gasteiger partial charge in [0.05, 0.1) is 12.1 Å². The molecule has 3 heterocycles. The van der Waals surface area contributed by atoms with E-state index in [1.165, 1.54) is 12.8 Å². The van der Waals surface area contributed by atoms with Crippen molar-refractivity contribution < 1.29 is 9.90 Å². The van der Waals surface area contributed by atoms with Gasteiger partial charge in [0.15, 0.2) is 0 Å². The number of β-amino-alcohol motifs (C(OH)–C–C–N with tert-alkyl or cyclic N) is 1. The second-order valence-electron chi connectivity index (χ2n) is 7.80. The Morgan fingerprint density at radius 3 is 2.04 bits per heavy atom. The number of hydrogen-bond acceptors (Lipinski definition) is 5. The van der Waals surface area contributed by atoms with Crippen molar-refractivity contribution >= 4 is 5.91 Å². The Morgan fingerprint density at radius 1 is 0.875 bits per heavy atom. The minimum absolute atomic E-state index is 0.239. The number of rotatable bonds is 5. The zero-order valence-corrected chi connectivity index (χ0v) is 15.3. The van der Waals surface area contributed by atoms with Crippen LogP contribution in [0.1, 0.15) is 32.6 Å². The maximum Gasteiger partial charge on any atom is 0.236 e. The summed E-state index contributed by atoms with van der Waals surface area (Å²) in [6.45, 7) is 12.4. The Balaban J connectivity index is 1.40. The molecule has 24 heavy (non-hydrogen) atoms. The number of piperidine rings is 1. The molecule has 138 valence electrons. The first-order valence-corrected chi connectivity index (χ1v) is 9.75. The number of carbonyl (C=O) groups is 1. The molecule has 0 radical (unpaired) electrons. The van der Waals surface area contributed by atoms with Gasteiger partial charge in [0.25, 0.3) is 0 Å². The topological polar surface area (TPSA) is 50.3 Å². The van der Waals surface area contributed by atoms with Crippen molar-refractivity contribution in [1.82, 2.24) is 19.6 Å². The van der Waals surface area contributed by atoms with Gasteiger partial charge in [-0.3, -0.25) is 9.69 Å². The first-order chi connectivity index (χ1) is 11.6. The van der Waals surface area contributed by atoms with Crippen LogP contribution in [0.3, 0.4) is 0 Å². The van der Waals surface area contributed by atoms with E-state index in [9.17, 15) is 9.90 Å². The van der Waals surface area contributed by atoms with E-state index in [2.05, 4.69) is 21.6 Å². The second-order valence-corrected chi connectivity index (χ2v) is 7.80. The molecule has 3 fully saturated rings. The maximum absolute atomic E-state index is 12.6. The number of nitrogens with zero attached hydrogens (tertiary/aromatic N) is 4. The second kappa shape index (κ2) is 8.13. The molecule has 0 aromatic carbocycles. The lowest BCUT2D eigenvalue weighted by atomic mass is 9.90. The Morgan fingerprint density at radius 2 is 1.46 bits per heavy atom. The minimum Gasteiger partial charge on any atom is -0.388 e. The molecule has 3 aliphatic heterocycles. The number of hydrogen-bond donors (Lipinski definition) is 1. The first-order valence-electron chi connectivity index (χ1n) is 9.75. The molecule has 0 saturated carbocycles. The van der Waals surface area contributed by atoms with Crippen molar-refractivity contribution in [2.45, 2.75) is 38.2 Å². The van der Waals surface area contributed by atoms with Gasteiger partial charge in [-0.15, -0.1) is 0 Å². The normalized spacial score (nSPS) is 26.8. The third kappa shape index (κ3) is 4.69. The molecule has 1 N–H and O–H groups in total. The molecule has 3 aliphatic rings. The van der Waals surface area contributed by atoms with Gasteiger partial charge in [-0.05, 0) is 45.3 Å². The van der Waals surface area contributed by atoms with Gasteiger partial charge < -0.3 is 19.8 Å². The van der Waals surface area contributed by atoms with Crippen molar-refractivity contribution in [3.05, 3.63) is 0 Å². The molecule has 0 bridgehead atoms. The Hall–Kier alpha value is -0.690. The van der Waals surface area contributed by atoms with E-state index in [1.54, 1.807) is 0 Å². The molecular formula is C18H34N4O2. The molecule has 0 aliphatic carbocycles. The Bertz CT molecular complexity index is 409. The summed E-state index contributed by atoms with van der Waals surface area (Å²) in [5, 5.41) is 10.8. The predicted molar refractivity (Wildman–Crippen MR) is 95.0 cm³/mol. The highest BCUT2D eigenvalue weighted by molar-refractivity contribution is 5.78. The van der Waals surface area contributed by atoms with Gasteiger partial charge >= 0.3 is 0 Å². The summed E-state index contributed by atoms with van der Waals surface area (Å²) in [5.74, 6) is 0.239. The fraction of sp³-hybridized carbons (Fsp3) is 0.944. The van der Waals surface area contributed by atoms with E-state index in [1.807, 2.05) is 4.90 Å². The fourth-order valence-corrected chi connectivity index (χ4v) is 4.24. The van der Waals surface area contributed by atoms with Crippen molar-refractivity contribution in [1.29, 1.82) is 0 Å². The molecule has 0 unspecified atom stereocenters. The molecular weight excluding hydrogens is 304 g/mol. The van der Waals surface area contributed by atoms with E-state index in [-0.39, 0.29) is 5.91 Å². The number of aliphatic hydroxyl groups is 1. The number of likely N-dealkylation sites (tertiary alicyclic amines) is 2. The summed E-state index contributed by atoms with van der Waals surface area (Å²) in [7, 11) is 0. The lowest BCUT2D eigenvalue weighted by molar-refractivity contribution is -0.137. The van der Waals surface area contributed by atoms with Gasteiger partial charge in [-0.1, -0.05) is 6.92 Å². The molecule has 0 atom stereocenters. The molecule has 0 spiro atoms. The molecule has 3 saturated heterocycles. The van der Waals surface area contributed by atoms with Crippen LogP contribution in [0.25, 0.3) is 0 Å². The smallest absolute Gasteiger partial charge is 0.236 e. The average Bonchev–Trinajstić information content (AvgIpc) is 3.08. The molecule has 0 aromatic heterocycles. The quantitative estimate of drug-likeness (QED) is 0.769. The average molecular weight is 338 g/mol. The van der Waals surface area contributed by atoms with Crippen LogP contribution in [0.4, 0.5) is 0 Å². The molecule has 6 heteroatoms. The summed E-state index contributed by atoms with van der Waals surface area (Å²) < 4.78 is 0. The number of carbonyl (C=O) groups excluding carboxylic acids is 1. The van der Waals surface area contributed by atoms with Crippen LogP contribution in [-0.2, 0) is 4.79 Å². The largest absolute Gasteiger partial charge is 0.388 e. The summed E-state index contributed by atoms with van der Waals surface area (Å²) in [6.07, 6.45) is 3.95. The van der Waals surface area contributed by atoms with Gasteiger partial charge in [0.1, 0.15) is 0 Å². The first kappa shape index (κ1) is 18.1. The zero-order valence-electron chi connectivity index (χ0n) is 15.3. The molecule has 3 rings (SSSR count). The number of piperazine rings is 1. The van der Waals surface area contributed by atoms with E-state index in [0.717, 1.165) is 65.2 Å². The van der Waals surface area contributed by atoms with E-state index >= 15 is 0 Å². The van der Waals surface area contributed by atoms with Gasteiger partial charge in [0, 0.05) is 45.8 Å². The van der Waals surface area contributed by atoms with Crippen LogP contribution in [0.2, 0.25) is 0 Å². The number of likely N-dealkylation sites (N-methyl/N-ethyl adjacent to an activating group) is 1. The Kier molecular flexibility index (Phi) is 6.13. The van der Waals surface area contributed by atoms with Crippen molar-refractivity contribution in [3.63, 3.8) is 0 Å². The highest BCUT2D eigenvalue weighted by Crippen LogP contribution is 2.25. The van der Waals surface area contributed by atoms with Gasteiger partial charge in [0.2, 0.25) is 5.91 Å². The van der Waals surface area contributed by atoms with Crippen molar-refractivity contribution in [2.75, 3.05) is 72.0 Å². The summed E-state index contributed by atoms with van der Waals surface area (Å²) in [5.41, 5.74) is -0.589. The van der Waals surface area contributed by atoms with E-state index < -0.39 is 5.60 Å². The monoisotopic (exact) mass is 338 g/mol. The van der Waals surface area contributed by atoms with Crippen molar-refractivity contribution in [2.24, 2.45) is 0 Å². The fourth-order valence-electron chi connectivity index (χ4n) is 4.24. The third-order valence-corrected chi connectivity index (χ3v) is 6.03. The van der Waals surface area contributed by atoms with Crippen LogP contribution >= 0.6 is 0 Å². The predicted octanol–water partition coefficient (Wildman–Crippen LogP) is 0.0732. The van der Waals surface area contributed by atoms with Crippen LogP contribution < -0.4 is 0 Å². The minimum atomic E-state index is -0.589. The molecule has 6 nitrogen and oxygen atoms in total. The van der Waals surface area contributed by atoms with Crippen LogP contribution in [-0.4, -0.2) is 108 Å². The van der Waals surface area contributed by atoms with Crippen LogP contribution in [0, 0.1) is 0 Å². The van der Waals surface area contributed by atoms with E-state index in [0.29, 0.717) is 19.6 Å². The molecule has 1 amide bonds.